The number of aromatic nitrogens is 2. The second-order valence-corrected chi connectivity index (χ2v) is 5.50. The number of aryl methyl sites for hydroxylation is 1. The number of carbonyl (C=O) groups excluding carboxylic acids is 1. The van der Waals surface area contributed by atoms with E-state index in [1.165, 1.54) is 0 Å². The highest BCUT2D eigenvalue weighted by molar-refractivity contribution is 5.92. The van der Waals surface area contributed by atoms with Gasteiger partial charge in [-0.15, -0.1) is 0 Å². The Hall–Kier alpha value is -1.85. The summed E-state index contributed by atoms with van der Waals surface area (Å²) in [5.41, 5.74) is -0.235. The Balaban J connectivity index is 2.03. The molecule has 0 bridgehead atoms. The average Bonchev–Trinajstić information content (AvgIpc) is 2.85. The third-order valence-electron chi connectivity index (χ3n) is 4.12. The minimum Gasteiger partial charge on any atom is -0.481 e. The molecule has 110 valence electrons. The number of carboxylic acid groups (broad SMARTS) is 1. The molecule has 1 saturated heterocycles. The molecule has 0 unspecified atom stereocenters. The first kappa shape index (κ1) is 14.6. The fourth-order valence-electron chi connectivity index (χ4n) is 2.88. The van der Waals surface area contributed by atoms with E-state index in [-0.39, 0.29) is 5.91 Å². The first-order chi connectivity index (χ1) is 9.48. The van der Waals surface area contributed by atoms with Crippen LogP contribution in [0.1, 0.15) is 43.1 Å². The number of nitrogens with zero attached hydrogens (tertiary/aromatic N) is 3. The predicted octanol–water partition coefficient (Wildman–Crippen LogP) is 1.53. The molecule has 1 aromatic heterocycles. The van der Waals surface area contributed by atoms with E-state index in [9.17, 15) is 14.7 Å². The van der Waals surface area contributed by atoms with E-state index in [0.717, 1.165) is 6.42 Å². The minimum absolute atomic E-state index is 0.110. The monoisotopic (exact) mass is 279 g/mol. The number of aliphatic carboxylic acids is 1. The quantitative estimate of drug-likeness (QED) is 0.906. The highest BCUT2D eigenvalue weighted by atomic mass is 16.4. The van der Waals surface area contributed by atoms with Crippen molar-refractivity contribution in [3.05, 3.63) is 18.0 Å². The van der Waals surface area contributed by atoms with Crippen LogP contribution < -0.4 is 0 Å². The number of likely N-dealkylation sites (tertiary alicyclic amines) is 1. The van der Waals surface area contributed by atoms with Gasteiger partial charge in [0.25, 0.3) is 5.91 Å². The van der Waals surface area contributed by atoms with Crippen molar-refractivity contribution in [1.82, 2.24) is 14.7 Å². The summed E-state index contributed by atoms with van der Waals surface area (Å²) in [7, 11) is 1.77. The third-order valence-corrected chi connectivity index (χ3v) is 4.12. The summed E-state index contributed by atoms with van der Waals surface area (Å²) in [4.78, 5) is 25.5. The lowest BCUT2D eigenvalue weighted by Gasteiger charge is -2.38. The molecule has 6 nitrogen and oxygen atoms in total. The van der Waals surface area contributed by atoms with E-state index < -0.39 is 11.4 Å². The second-order valence-electron chi connectivity index (χ2n) is 5.50. The van der Waals surface area contributed by atoms with Gasteiger partial charge in [-0.3, -0.25) is 14.3 Å². The molecule has 1 amide bonds. The first-order valence-corrected chi connectivity index (χ1v) is 7.01. The predicted molar refractivity (Wildman–Crippen MR) is 73.3 cm³/mol. The van der Waals surface area contributed by atoms with E-state index in [4.69, 9.17) is 0 Å². The van der Waals surface area contributed by atoms with Gasteiger partial charge >= 0.3 is 5.97 Å². The van der Waals surface area contributed by atoms with Crippen LogP contribution in [0, 0.1) is 5.41 Å². The van der Waals surface area contributed by atoms with Crippen LogP contribution in [-0.4, -0.2) is 44.8 Å². The van der Waals surface area contributed by atoms with E-state index >= 15 is 0 Å². The lowest BCUT2D eigenvalue weighted by atomic mass is 9.75. The van der Waals surface area contributed by atoms with Crippen molar-refractivity contribution in [3.63, 3.8) is 0 Å². The number of rotatable bonds is 4. The van der Waals surface area contributed by atoms with Gasteiger partial charge in [-0.1, -0.05) is 13.3 Å². The zero-order valence-electron chi connectivity index (χ0n) is 12.0. The van der Waals surface area contributed by atoms with Crippen molar-refractivity contribution < 1.29 is 14.7 Å². The maximum Gasteiger partial charge on any atom is 0.309 e. The fourth-order valence-corrected chi connectivity index (χ4v) is 2.88. The lowest BCUT2D eigenvalue weighted by molar-refractivity contribution is -0.152. The van der Waals surface area contributed by atoms with Crippen molar-refractivity contribution in [3.8, 4) is 0 Å². The Labute approximate surface area is 118 Å². The van der Waals surface area contributed by atoms with Crippen molar-refractivity contribution in [2.45, 2.75) is 32.6 Å². The van der Waals surface area contributed by atoms with Gasteiger partial charge in [0.05, 0.1) is 5.41 Å². The topological polar surface area (TPSA) is 75.4 Å². The third kappa shape index (κ3) is 2.69. The van der Waals surface area contributed by atoms with E-state index in [2.05, 4.69) is 5.10 Å². The van der Waals surface area contributed by atoms with Crippen LogP contribution in [0.3, 0.4) is 0 Å². The Kier molecular flexibility index (Phi) is 4.11. The molecule has 1 aromatic rings. The molecular formula is C14H21N3O3. The molecule has 6 heteroatoms. The molecule has 0 radical (unpaired) electrons. The number of piperidine rings is 1. The molecule has 0 atom stereocenters. The molecule has 1 fully saturated rings. The smallest absolute Gasteiger partial charge is 0.309 e. The molecule has 0 aromatic carbocycles. The highest BCUT2D eigenvalue weighted by Crippen LogP contribution is 2.36. The Bertz CT molecular complexity index is 502. The van der Waals surface area contributed by atoms with Crippen molar-refractivity contribution in [2.24, 2.45) is 12.5 Å². The highest BCUT2D eigenvalue weighted by Gasteiger charge is 2.41. The SMILES string of the molecule is CCCC1(C(=O)O)CCN(C(=O)c2ccn(C)n2)CC1. The van der Waals surface area contributed by atoms with Crippen LogP contribution >= 0.6 is 0 Å². The zero-order chi connectivity index (χ0) is 14.8. The number of hydrogen-bond acceptors (Lipinski definition) is 3. The maximum absolute atomic E-state index is 12.3. The number of carboxylic acids is 1. The van der Waals surface area contributed by atoms with Gasteiger partial charge < -0.3 is 10.0 Å². The van der Waals surface area contributed by atoms with Gasteiger partial charge in [0.2, 0.25) is 0 Å². The van der Waals surface area contributed by atoms with Gasteiger partial charge in [0.15, 0.2) is 0 Å². The van der Waals surface area contributed by atoms with Gasteiger partial charge in [-0.2, -0.15) is 5.10 Å². The number of carbonyl (C=O) groups is 2. The number of hydrogen-bond donors (Lipinski definition) is 1. The van der Waals surface area contributed by atoms with Gasteiger partial charge in [0, 0.05) is 26.3 Å². The molecule has 0 saturated carbocycles. The maximum atomic E-state index is 12.3. The minimum atomic E-state index is -0.732. The molecular weight excluding hydrogens is 258 g/mol. The average molecular weight is 279 g/mol. The summed E-state index contributed by atoms with van der Waals surface area (Å²) >= 11 is 0. The van der Waals surface area contributed by atoms with Crippen molar-refractivity contribution in [2.75, 3.05) is 13.1 Å². The van der Waals surface area contributed by atoms with Crippen LogP contribution in [0.5, 0.6) is 0 Å². The molecule has 2 rings (SSSR count). The number of amides is 1. The van der Waals surface area contributed by atoms with Crippen LogP contribution in [0.2, 0.25) is 0 Å². The van der Waals surface area contributed by atoms with Crippen LogP contribution in [0.25, 0.3) is 0 Å². The summed E-state index contributed by atoms with van der Waals surface area (Å²) < 4.78 is 1.59. The molecule has 20 heavy (non-hydrogen) atoms. The largest absolute Gasteiger partial charge is 0.481 e. The summed E-state index contributed by atoms with van der Waals surface area (Å²) in [6.07, 6.45) is 4.30. The molecule has 1 aliphatic rings. The molecule has 2 heterocycles. The van der Waals surface area contributed by atoms with Crippen LogP contribution in [-0.2, 0) is 11.8 Å². The molecule has 1 aliphatic heterocycles. The summed E-state index contributed by atoms with van der Waals surface area (Å²) in [5, 5.41) is 13.5. The second kappa shape index (κ2) is 5.64. The Morgan fingerprint density at radius 1 is 1.40 bits per heavy atom. The molecule has 0 spiro atoms. The van der Waals surface area contributed by atoms with E-state index in [1.807, 2.05) is 6.92 Å². The lowest BCUT2D eigenvalue weighted by Crippen LogP contribution is -2.46. The van der Waals surface area contributed by atoms with Crippen LogP contribution in [0.4, 0.5) is 0 Å². The Morgan fingerprint density at radius 2 is 2.05 bits per heavy atom. The van der Waals surface area contributed by atoms with Gasteiger partial charge in [0.1, 0.15) is 5.69 Å². The van der Waals surface area contributed by atoms with Gasteiger partial charge in [-0.25, -0.2) is 0 Å². The summed E-state index contributed by atoms with van der Waals surface area (Å²) in [6, 6.07) is 1.69. The molecule has 1 N–H and O–H groups in total. The van der Waals surface area contributed by atoms with Gasteiger partial charge in [-0.05, 0) is 25.3 Å². The van der Waals surface area contributed by atoms with Crippen molar-refractivity contribution >= 4 is 11.9 Å². The van der Waals surface area contributed by atoms with E-state index in [0.29, 0.717) is 38.0 Å². The summed E-state index contributed by atoms with van der Waals surface area (Å²) in [5.74, 6) is -0.842. The summed E-state index contributed by atoms with van der Waals surface area (Å²) in [6.45, 7) is 2.97. The zero-order valence-corrected chi connectivity index (χ0v) is 12.0. The Morgan fingerprint density at radius 3 is 2.50 bits per heavy atom. The van der Waals surface area contributed by atoms with Crippen molar-refractivity contribution in [1.29, 1.82) is 0 Å². The van der Waals surface area contributed by atoms with Crippen LogP contribution in [0.15, 0.2) is 12.3 Å². The molecule has 0 aliphatic carbocycles. The standard InChI is InChI=1S/C14H21N3O3/c1-3-5-14(13(19)20)6-9-17(10-7-14)12(18)11-4-8-16(2)15-11/h4,8H,3,5-7,9-10H2,1-2H3,(H,19,20). The normalized spacial score (nSPS) is 18.0. The first-order valence-electron chi connectivity index (χ1n) is 7.01. The van der Waals surface area contributed by atoms with E-state index in [1.54, 1.807) is 28.9 Å². The fraction of sp³-hybridized carbons (Fsp3) is 0.643.